The molecule has 6 heteroatoms. The standard InChI is InChI=1S/C18H24N4O2/c1-3-19-13-21-14(2)18(24)20-10-17(23)12-22-9-8-15-6-4-5-7-16(15)11-22/h3-7,13,17,23H,1,8-12H2,2H3,(H,20,24). The quantitative estimate of drug-likeness (QED) is 0.582. The lowest BCUT2D eigenvalue weighted by Gasteiger charge is -2.30. The zero-order valence-corrected chi connectivity index (χ0v) is 14.0. The third-order valence-corrected chi connectivity index (χ3v) is 3.93. The van der Waals surface area contributed by atoms with Crippen LogP contribution in [-0.4, -0.2) is 53.7 Å². The number of aliphatic imine (C=N–C) groups is 2. The Morgan fingerprint density at radius 2 is 2.21 bits per heavy atom. The normalized spacial score (nSPS) is 16.7. The number of fused-ring (bicyclic) bond motifs is 1. The molecule has 1 unspecified atom stereocenters. The minimum Gasteiger partial charge on any atom is -0.390 e. The van der Waals surface area contributed by atoms with E-state index in [1.807, 2.05) is 6.07 Å². The maximum absolute atomic E-state index is 11.8. The maximum Gasteiger partial charge on any atom is 0.265 e. The van der Waals surface area contributed by atoms with Gasteiger partial charge in [-0.25, -0.2) is 9.98 Å². The third kappa shape index (κ3) is 5.40. The van der Waals surface area contributed by atoms with Crippen molar-refractivity contribution >= 4 is 18.0 Å². The first-order valence-corrected chi connectivity index (χ1v) is 8.02. The highest BCUT2D eigenvalue weighted by Crippen LogP contribution is 2.18. The third-order valence-electron chi connectivity index (χ3n) is 3.93. The molecule has 0 saturated carbocycles. The maximum atomic E-state index is 11.8. The Hall–Kier alpha value is -2.31. The second-order valence-electron chi connectivity index (χ2n) is 5.78. The molecule has 1 amide bonds. The zero-order chi connectivity index (χ0) is 17.4. The van der Waals surface area contributed by atoms with Gasteiger partial charge in [-0.05, 0) is 24.5 Å². The molecule has 128 valence electrons. The number of amides is 1. The average molecular weight is 328 g/mol. The first kappa shape index (κ1) is 18.0. The van der Waals surface area contributed by atoms with Crippen molar-refractivity contribution in [1.82, 2.24) is 10.2 Å². The molecule has 1 heterocycles. The van der Waals surface area contributed by atoms with Crippen LogP contribution in [0.5, 0.6) is 0 Å². The van der Waals surface area contributed by atoms with Crippen LogP contribution in [0.1, 0.15) is 18.1 Å². The van der Waals surface area contributed by atoms with Crippen molar-refractivity contribution in [3.8, 4) is 0 Å². The fraction of sp³-hybridized carbons (Fsp3) is 0.389. The lowest BCUT2D eigenvalue weighted by atomic mass is 10.00. The molecule has 0 radical (unpaired) electrons. The molecule has 1 aliphatic rings. The Kier molecular flexibility index (Phi) is 6.84. The van der Waals surface area contributed by atoms with Crippen LogP contribution in [0.2, 0.25) is 0 Å². The Labute approximate surface area is 142 Å². The van der Waals surface area contributed by atoms with Crippen LogP contribution in [0, 0.1) is 0 Å². The van der Waals surface area contributed by atoms with Crippen LogP contribution in [-0.2, 0) is 17.8 Å². The second-order valence-corrected chi connectivity index (χ2v) is 5.78. The predicted molar refractivity (Wildman–Crippen MR) is 96.2 cm³/mol. The predicted octanol–water partition coefficient (Wildman–Crippen LogP) is 1.15. The Bertz CT molecular complexity index is 640. The van der Waals surface area contributed by atoms with Gasteiger partial charge in [-0.3, -0.25) is 9.69 Å². The molecule has 6 nitrogen and oxygen atoms in total. The van der Waals surface area contributed by atoms with Gasteiger partial charge in [0, 0.05) is 32.4 Å². The van der Waals surface area contributed by atoms with Crippen LogP contribution in [0.15, 0.2) is 47.0 Å². The number of nitrogens with one attached hydrogen (secondary N) is 1. The van der Waals surface area contributed by atoms with Crippen LogP contribution in [0.25, 0.3) is 0 Å². The van der Waals surface area contributed by atoms with Gasteiger partial charge in [-0.1, -0.05) is 30.8 Å². The summed E-state index contributed by atoms with van der Waals surface area (Å²) in [7, 11) is 0. The van der Waals surface area contributed by atoms with E-state index in [-0.39, 0.29) is 12.5 Å². The molecular formula is C18H24N4O2. The average Bonchev–Trinajstić information content (AvgIpc) is 2.59. The van der Waals surface area contributed by atoms with Crippen molar-refractivity contribution in [2.45, 2.75) is 26.0 Å². The van der Waals surface area contributed by atoms with E-state index >= 15 is 0 Å². The number of nitrogens with zero attached hydrogens (tertiary/aromatic N) is 3. The molecule has 0 saturated heterocycles. The SMILES string of the molecule is C=CN=CN=C(C)C(=O)NCC(O)CN1CCc2ccccc2C1. The first-order valence-electron chi connectivity index (χ1n) is 8.02. The number of carbonyl (C=O) groups excluding carboxylic acids is 1. The number of benzene rings is 1. The molecule has 0 fully saturated rings. The lowest BCUT2D eigenvalue weighted by Crippen LogP contribution is -2.43. The number of hydrogen-bond acceptors (Lipinski definition) is 4. The van der Waals surface area contributed by atoms with Gasteiger partial charge in [0.05, 0.1) is 6.10 Å². The summed E-state index contributed by atoms with van der Waals surface area (Å²) in [6.07, 6.45) is 2.98. The minimum absolute atomic E-state index is 0.197. The highest BCUT2D eigenvalue weighted by atomic mass is 16.3. The minimum atomic E-state index is -0.617. The van der Waals surface area contributed by atoms with E-state index in [0.717, 1.165) is 19.5 Å². The number of carbonyl (C=O) groups is 1. The van der Waals surface area contributed by atoms with Crippen molar-refractivity contribution in [2.75, 3.05) is 19.6 Å². The molecule has 0 bridgehead atoms. The van der Waals surface area contributed by atoms with Crippen LogP contribution >= 0.6 is 0 Å². The van der Waals surface area contributed by atoms with Crippen LogP contribution in [0.3, 0.4) is 0 Å². The molecule has 0 aliphatic carbocycles. The molecule has 2 rings (SSSR count). The summed E-state index contributed by atoms with van der Waals surface area (Å²) in [4.78, 5) is 21.6. The van der Waals surface area contributed by atoms with Crippen molar-refractivity contribution in [2.24, 2.45) is 9.98 Å². The number of β-amino-alcohol motifs (C(OH)–C–C–N with tert-alkyl or cyclic N) is 1. The summed E-state index contributed by atoms with van der Waals surface area (Å²) in [5, 5.41) is 12.8. The van der Waals surface area contributed by atoms with Crippen LogP contribution < -0.4 is 5.32 Å². The first-order chi connectivity index (χ1) is 11.6. The summed E-state index contributed by atoms with van der Waals surface area (Å²) in [5.74, 6) is -0.312. The number of hydrogen-bond donors (Lipinski definition) is 2. The zero-order valence-electron chi connectivity index (χ0n) is 14.0. The Morgan fingerprint density at radius 1 is 1.46 bits per heavy atom. The summed E-state index contributed by atoms with van der Waals surface area (Å²) in [6, 6.07) is 8.38. The van der Waals surface area contributed by atoms with E-state index in [0.29, 0.717) is 12.3 Å². The Balaban J connectivity index is 1.77. The van der Waals surface area contributed by atoms with E-state index in [9.17, 15) is 9.90 Å². The summed E-state index contributed by atoms with van der Waals surface area (Å²) in [6.45, 7) is 7.50. The van der Waals surface area contributed by atoms with E-state index in [1.165, 1.54) is 23.7 Å². The summed E-state index contributed by atoms with van der Waals surface area (Å²) >= 11 is 0. The molecule has 2 N–H and O–H groups in total. The van der Waals surface area contributed by atoms with E-state index in [1.54, 1.807) is 6.92 Å². The van der Waals surface area contributed by atoms with Crippen molar-refractivity contribution < 1.29 is 9.90 Å². The molecule has 0 spiro atoms. The van der Waals surface area contributed by atoms with Gasteiger partial charge in [0.15, 0.2) is 0 Å². The van der Waals surface area contributed by atoms with Gasteiger partial charge in [0.25, 0.3) is 5.91 Å². The van der Waals surface area contributed by atoms with Gasteiger partial charge in [-0.15, -0.1) is 0 Å². The van der Waals surface area contributed by atoms with Crippen molar-refractivity contribution in [3.05, 3.63) is 48.2 Å². The van der Waals surface area contributed by atoms with Crippen molar-refractivity contribution in [1.29, 1.82) is 0 Å². The number of rotatable bonds is 7. The lowest BCUT2D eigenvalue weighted by molar-refractivity contribution is -0.115. The van der Waals surface area contributed by atoms with E-state index in [2.05, 4.69) is 45.0 Å². The van der Waals surface area contributed by atoms with Gasteiger partial charge in [-0.2, -0.15) is 0 Å². The molecule has 1 aromatic rings. The molecular weight excluding hydrogens is 304 g/mol. The molecule has 24 heavy (non-hydrogen) atoms. The molecule has 1 aliphatic heterocycles. The Morgan fingerprint density at radius 3 is 2.96 bits per heavy atom. The highest BCUT2D eigenvalue weighted by molar-refractivity contribution is 6.39. The largest absolute Gasteiger partial charge is 0.390 e. The van der Waals surface area contributed by atoms with Gasteiger partial charge in [0.2, 0.25) is 0 Å². The van der Waals surface area contributed by atoms with E-state index < -0.39 is 6.10 Å². The van der Waals surface area contributed by atoms with Gasteiger partial charge in [0.1, 0.15) is 12.1 Å². The van der Waals surface area contributed by atoms with E-state index in [4.69, 9.17) is 0 Å². The fourth-order valence-corrected chi connectivity index (χ4v) is 2.64. The summed E-state index contributed by atoms with van der Waals surface area (Å²) < 4.78 is 0. The highest BCUT2D eigenvalue weighted by Gasteiger charge is 2.18. The number of aliphatic hydroxyl groups is 1. The second kappa shape index (κ2) is 9.10. The number of aliphatic hydroxyl groups excluding tert-OH is 1. The van der Waals surface area contributed by atoms with Gasteiger partial charge >= 0.3 is 0 Å². The van der Waals surface area contributed by atoms with Crippen molar-refractivity contribution in [3.63, 3.8) is 0 Å². The monoisotopic (exact) mass is 328 g/mol. The molecule has 1 aromatic carbocycles. The fourth-order valence-electron chi connectivity index (χ4n) is 2.64. The summed E-state index contributed by atoms with van der Waals surface area (Å²) in [5.41, 5.74) is 2.98. The molecule has 0 aromatic heterocycles. The van der Waals surface area contributed by atoms with Crippen LogP contribution in [0.4, 0.5) is 0 Å². The molecule has 1 atom stereocenters. The van der Waals surface area contributed by atoms with Gasteiger partial charge < -0.3 is 10.4 Å². The smallest absolute Gasteiger partial charge is 0.265 e. The topological polar surface area (TPSA) is 77.3 Å².